The van der Waals surface area contributed by atoms with E-state index in [-0.39, 0.29) is 13.0 Å². The molecule has 0 saturated heterocycles. The monoisotopic (exact) mass is 264 g/mol. The van der Waals surface area contributed by atoms with Crippen molar-refractivity contribution in [3.63, 3.8) is 0 Å². The molecule has 0 aliphatic heterocycles. The number of aryl methyl sites for hydroxylation is 1. The highest BCUT2D eigenvalue weighted by molar-refractivity contribution is 5.88. The summed E-state index contributed by atoms with van der Waals surface area (Å²) < 4.78 is 15.7. The van der Waals surface area contributed by atoms with Crippen molar-refractivity contribution in [1.82, 2.24) is 0 Å². The zero-order chi connectivity index (χ0) is 14.0. The number of hydrogen-bond donors (Lipinski definition) is 1. The fourth-order valence-corrected chi connectivity index (χ4v) is 2.16. The van der Waals surface area contributed by atoms with Crippen LogP contribution in [0.3, 0.4) is 0 Å². The molecule has 0 bridgehead atoms. The van der Waals surface area contributed by atoms with Crippen LogP contribution < -0.4 is 15.1 Å². The topological polar surface area (TPSA) is 68.9 Å². The second-order valence-electron chi connectivity index (χ2n) is 4.17. The first-order chi connectivity index (χ1) is 9.12. The van der Waals surface area contributed by atoms with E-state index < -0.39 is 5.63 Å². The third-order valence-electron chi connectivity index (χ3n) is 3.13. The molecule has 0 spiro atoms. The summed E-state index contributed by atoms with van der Waals surface area (Å²) in [6, 6.07) is 3.38. The summed E-state index contributed by atoms with van der Waals surface area (Å²) in [6.45, 7) is 1.72. The van der Waals surface area contributed by atoms with E-state index in [1.54, 1.807) is 19.2 Å². The Kier molecular flexibility index (Phi) is 3.76. The quantitative estimate of drug-likeness (QED) is 0.850. The first-order valence-corrected chi connectivity index (χ1v) is 5.91. The number of hydrogen-bond acceptors (Lipinski definition) is 5. The van der Waals surface area contributed by atoms with Gasteiger partial charge < -0.3 is 19.0 Å². The maximum absolute atomic E-state index is 11.9. The zero-order valence-electron chi connectivity index (χ0n) is 11.1. The maximum Gasteiger partial charge on any atom is 0.339 e. The lowest BCUT2D eigenvalue weighted by molar-refractivity contribution is 0.297. The molecule has 0 aliphatic rings. The molecule has 0 amide bonds. The molecule has 0 aliphatic carbocycles. The van der Waals surface area contributed by atoms with Crippen LogP contribution in [-0.2, 0) is 6.42 Å². The molecule has 0 fully saturated rings. The Morgan fingerprint density at radius 3 is 2.58 bits per heavy atom. The van der Waals surface area contributed by atoms with Crippen molar-refractivity contribution in [3.05, 3.63) is 33.7 Å². The van der Waals surface area contributed by atoms with Crippen LogP contribution >= 0.6 is 0 Å². The van der Waals surface area contributed by atoms with Crippen molar-refractivity contribution in [2.45, 2.75) is 13.3 Å². The van der Waals surface area contributed by atoms with Gasteiger partial charge in [0.2, 0.25) is 0 Å². The number of aliphatic hydroxyl groups is 1. The Morgan fingerprint density at radius 1 is 1.26 bits per heavy atom. The van der Waals surface area contributed by atoms with E-state index >= 15 is 0 Å². The molecule has 1 N–H and O–H groups in total. The third-order valence-corrected chi connectivity index (χ3v) is 3.13. The Hall–Kier alpha value is -2.01. The molecule has 0 atom stereocenters. The van der Waals surface area contributed by atoms with E-state index in [0.717, 1.165) is 10.9 Å². The summed E-state index contributed by atoms with van der Waals surface area (Å²) >= 11 is 0. The van der Waals surface area contributed by atoms with Crippen molar-refractivity contribution in [1.29, 1.82) is 0 Å². The first kappa shape index (κ1) is 13.4. The van der Waals surface area contributed by atoms with Crippen LogP contribution in [0.1, 0.15) is 11.1 Å². The van der Waals surface area contributed by atoms with Crippen LogP contribution in [-0.4, -0.2) is 25.9 Å². The van der Waals surface area contributed by atoms with Crippen LogP contribution in [0.5, 0.6) is 11.5 Å². The lowest BCUT2D eigenvalue weighted by Gasteiger charge is -2.12. The molecule has 1 aromatic carbocycles. The molecule has 0 saturated carbocycles. The zero-order valence-corrected chi connectivity index (χ0v) is 11.1. The predicted octanol–water partition coefficient (Wildman–Crippen LogP) is 1.65. The minimum atomic E-state index is -0.436. The van der Waals surface area contributed by atoms with Gasteiger partial charge in [-0.25, -0.2) is 4.79 Å². The van der Waals surface area contributed by atoms with Crippen LogP contribution in [0.15, 0.2) is 21.3 Å². The molecule has 2 aromatic rings. The van der Waals surface area contributed by atoms with E-state index in [1.807, 2.05) is 6.92 Å². The van der Waals surface area contributed by atoms with Crippen molar-refractivity contribution in [3.8, 4) is 11.5 Å². The fourth-order valence-electron chi connectivity index (χ4n) is 2.16. The largest absolute Gasteiger partial charge is 0.496 e. The van der Waals surface area contributed by atoms with Gasteiger partial charge in [-0.3, -0.25) is 0 Å². The number of fused-ring (bicyclic) bond motifs is 1. The summed E-state index contributed by atoms with van der Waals surface area (Å²) in [4.78, 5) is 11.9. The van der Waals surface area contributed by atoms with Crippen LogP contribution in [0, 0.1) is 6.92 Å². The molecule has 0 unspecified atom stereocenters. The van der Waals surface area contributed by atoms with Gasteiger partial charge in [-0.15, -0.1) is 0 Å². The molecule has 0 radical (unpaired) electrons. The SMILES string of the molecule is COc1cc(OC)c2c(C)c(CCO)c(=O)oc2c1. The summed E-state index contributed by atoms with van der Waals surface area (Å²) in [7, 11) is 3.08. The number of aliphatic hydroxyl groups excluding tert-OH is 1. The van der Waals surface area contributed by atoms with Gasteiger partial charge >= 0.3 is 5.63 Å². The van der Waals surface area contributed by atoms with Gasteiger partial charge in [0.1, 0.15) is 17.1 Å². The van der Waals surface area contributed by atoms with Crippen LogP contribution in [0.2, 0.25) is 0 Å². The van der Waals surface area contributed by atoms with Gasteiger partial charge in [0.15, 0.2) is 0 Å². The minimum absolute atomic E-state index is 0.102. The highest BCUT2D eigenvalue weighted by Crippen LogP contribution is 2.33. The number of benzene rings is 1. The number of methoxy groups -OCH3 is 2. The summed E-state index contributed by atoms with van der Waals surface area (Å²) in [6.07, 6.45) is 0.263. The van der Waals surface area contributed by atoms with E-state index in [9.17, 15) is 4.79 Å². The maximum atomic E-state index is 11.9. The lowest BCUT2D eigenvalue weighted by Crippen LogP contribution is -2.12. The molecule has 2 rings (SSSR count). The molecule has 19 heavy (non-hydrogen) atoms. The van der Waals surface area contributed by atoms with Crippen molar-refractivity contribution >= 4 is 11.0 Å². The van der Waals surface area contributed by atoms with Crippen LogP contribution in [0.25, 0.3) is 11.0 Å². The lowest BCUT2D eigenvalue weighted by atomic mass is 10.0. The van der Waals surface area contributed by atoms with E-state index in [0.29, 0.717) is 22.6 Å². The highest BCUT2D eigenvalue weighted by atomic mass is 16.5. The molecule has 102 valence electrons. The first-order valence-electron chi connectivity index (χ1n) is 5.91. The smallest absolute Gasteiger partial charge is 0.339 e. The summed E-state index contributed by atoms with van der Waals surface area (Å²) in [5.74, 6) is 1.14. The van der Waals surface area contributed by atoms with Gasteiger partial charge in [-0.05, 0) is 12.5 Å². The minimum Gasteiger partial charge on any atom is -0.496 e. The van der Waals surface area contributed by atoms with E-state index in [4.69, 9.17) is 19.0 Å². The molecule has 1 aromatic heterocycles. The molecule has 5 heteroatoms. The standard InChI is InChI=1S/C14H16O5/c1-8-10(4-5-15)14(16)19-12-7-9(17-2)6-11(18-3)13(8)12/h6-7,15H,4-5H2,1-3H3. The van der Waals surface area contributed by atoms with Crippen molar-refractivity contribution < 1.29 is 19.0 Å². The Balaban J connectivity index is 2.84. The van der Waals surface area contributed by atoms with Gasteiger partial charge in [0.05, 0.1) is 19.6 Å². The number of rotatable bonds is 4. The summed E-state index contributed by atoms with van der Waals surface area (Å²) in [5.41, 5.74) is 1.22. The van der Waals surface area contributed by atoms with Gasteiger partial charge in [0, 0.05) is 30.7 Å². The average molecular weight is 264 g/mol. The van der Waals surface area contributed by atoms with E-state index in [1.165, 1.54) is 7.11 Å². The fraction of sp³-hybridized carbons (Fsp3) is 0.357. The Labute approximate surface area is 110 Å². The summed E-state index contributed by atoms with van der Waals surface area (Å²) in [5, 5.41) is 9.75. The second-order valence-corrected chi connectivity index (χ2v) is 4.17. The Morgan fingerprint density at radius 2 is 2.00 bits per heavy atom. The van der Waals surface area contributed by atoms with Crippen molar-refractivity contribution in [2.24, 2.45) is 0 Å². The normalized spacial score (nSPS) is 10.7. The average Bonchev–Trinajstić information content (AvgIpc) is 2.41. The van der Waals surface area contributed by atoms with Gasteiger partial charge in [-0.2, -0.15) is 0 Å². The third kappa shape index (κ3) is 2.29. The second kappa shape index (κ2) is 5.32. The van der Waals surface area contributed by atoms with Crippen molar-refractivity contribution in [2.75, 3.05) is 20.8 Å². The molecular formula is C14H16O5. The van der Waals surface area contributed by atoms with Gasteiger partial charge in [0.25, 0.3) is 0 Å². The predicted molar refractivity (Wildman–Crippen MR) is 71.1 cm³/mol. The molecule has 5 nitrogen and oxygen atoms in total. The van der Waals surface area contributed by atoms with Gasteiger partial charge in [-0.1, -0.05) is 0 Å². The van der Waals surface area contributed by atoms with Crippen LogP contribution in [0.4, 0.5) is 0 Å². The molecule has 1 heterocycles. The Bertz CT molecular complexity index is 657. The van der Waals surface area contributed by atoms with E-state index in [2.05, 4.69) is 0 Å². The highest BCUT2D eigenvalue weighted by Gasteiger charge is 2.16. The number of ether oxygens (including phenoxy) is 2. The molecular weight excluding hydrogens is 248 g/mol.